The number of urea groups is 1. The average molecular weight is 391 g/mol. The number of para-hydroxylation sites is 1. The van der Waals surface area contributed by atoms with E-state index in [1.54, 1.807) is 19.1 Å². The van der Waals surface area contributed by atoms with Crippen LogP contribution in [0.25, 0.3) is 0 Å². The van der Waals surface area contributed by atoms with Gasteiger partial charge in [-0.3, -0.25) is 0 Å². The second kappa shape index (κ2) is 9.38. The summed E-state index contributed by atoms with van der Waals surface area (Å²) < 4.78 is 26.3. The molecule has 7 nitrogen and oxygen atoms in total. The highest BCUT2D eigenvalue weighted by Gasteiger charge is 2.15. The van der Waals surface area contributed by atoms with E-state index >= 15 is 0 Å². The molecule has 0 fully saturated rings. The monoisotopic (exact) mass is 390 g/mol. The summed E-state index contributed by atoms with van der Waals surface area (Å²) in [5.74, 6) is 0. The number of anilines is 2. The topological polar surface area (TPSA) is 90.5 Å². The van der Waals surface area contributed by atoms with E-state index in [4.69, 9.17) is 0 Å². The Hall–Kier alpha value is -2.58. The van der Waals surface area contributed by atoms with E-state index in [1.165, 1.54) is 13.1 Å². The Bertz CT molecular complexity index is 870. The summed E-state index contributed by atoms with van der Waals surface area (Å²) in [5.41, 5.74) is 2.16. The highest BCUT2D eigenvalue weighted by atomic mass is 32.2. The lowest BCUT2D eigenvalue weighted by Gasteiger charge is -2.19. The molecule has 0 atom stereocenters. The van der Waals surface area contributed by atoms with Crippen LogP contribution in [0.4, 0.5) is 16.2 Å². The normalized spacial score (nSPS) is 11.1. The minimum atomic E-state index is -3.57. The highest BCUT2D eigenvalue weighted by Crippen LogP contribution is 2.19. The van der Waals surface area contributed by atoms with E-state index in [1.807, 2.05) is 37.4 Å². The smallest absolute Gasteiger partial charge is 0.319 e. The zero-order valence-corrected chi connectivity index (χ0v) is 16.6. The van der Waals surface area contributed by atoms with Crippen molar-refractivity contribution < 1.29 is 13.2 Å². The van der Waals surface area contributed by atoms with E-state index in [2.05, 4.69) is 20.3 Å². The number of amides is 2. The van der Waals surface area contributed by atoms with Crippen molar-refractivity contribution in [3.8, 4) is 0 Å². The zero-order chi connectivity index (χ0) is 19.9. The molecule has 2 rings (SSSR count). The van der Waals surface area contributed by atoms with Crippen LogP contribution in [0.3, 0.4) is 0 Å². The molecule has 2 aromatic rings. The van der Waals surface area contributed by atoms with Crippen LogP contribution < -0.4 is 20.3 Å². The van der Waals surface area contributed by atoms with Crippen LogP contribution in [-0.4, -0.2) is 41.6 Å². The molecule has 2 amide bonds. The number of carbonyl (C=O) groups is 1. The zero-order valence-electron chi connectivity index (χ0n) is 15.8. The van der Waals surface area contributed by atoms with Crippen molar-refractivity contribution in [2.75, 3.05) is 37.4 Å². The summed E-state index contributed by atoms with van der Waals surface area (Å²) in [6.07, 6.45) is 0.784. The fourth-order valence-electron chi connectivity index (χ4n) is 2.58. The number of carbonyl (C=O) groups excluding carboxylic acids is 1. The maximum atomic E-state index is 12.0. The van der Waals surface area contributed by atoms with Crippen LogP contribution in [0.2, 0.25) is 0 Å². The van der Waals surface area contributed by atoms with Crippen LogP contribution >= 0.6 is 0 Å². The minimum absolute atomic E-state index is 0.146. The summed E-state index contributed by atoms with van der Waals surface area (Å²) in [7, 11) is -0.211. The number of nitrogens with zero attached hydrogens (tertiary/aromatic N) is 1. The maximum Gasteiger partial charge on any atom is 0.319 e. The van der Waals surface area contributed by atoms with E-state index in [-0.39, 0.29) is 10.9 Å². The van der Waals surface area contributed by atoms with Gasteiger partial charge in [-0.25, -0.2) is 17.9 Å². The predicted molar refractivity (Wildman–Crippen MR) is 109 cm³/mol. The molecule has 0 aromatic heterocycles. The lowest BCUT2D eigenvalue weighted by atomic mass is 10.2. The number of benzene rings is 2. The lowest BCUT2D eigenvalue weighted by molar-refractivity contribution is 0.252. The Labute approximate surface area is 160 Å². The molecule has 27 heavy (non-hydrogen) atoms. The van der Waals surface area contributed by atoms with E-state index in [0.717, 1.165) is 18.7 Å². The number of nitrogens with one attached hydrogen (secondary N) is 3. The number of hydrogen-bond acceptors (Lipinski definition) is 4. The third-order valence-electron chi connectivity index (χ3n) is 4.16. The van der Waals surface area contributed by atoms with Gasteiger partial charge in [0.2, 0.25) is 10.0 Å². The molecule has 0 aliphatic carbocycles. The van der Waals surface area contributed by atoms with Gasteiger partial charge in [0.05, 0.1) is 4.90 Å². The molecule has 0 aliphatic rings. The summed E-state index contributed by atoms with van der Waals surface area (Å²) in [5, 5.41) is 5.45. The first-order valence-electron chi connectivity index (χ1n) is 8.69. The van der Waals surface area contributed by atoms with Gasteiger partial charge < -0.3 is 15.5 Å². The van der Waals surface area contributed by atoms with Crippen molar-refractivity contribution in [3.05, 3.63) is 54.1 Å². The first-order valence-corrected chi connectivity index (χ1v) is 10.2. The maximum absolute atomic E-state index is 12.0. The van der Waals surface area contributed by atoms with Gasteiger partial charge in [-0.2, -0.15) is 0 Å². The van der Waals surface area contributed by atoms with E-state index in [9.17, 15) is 13.2 Å². The van der Waals surface area contributed by atoms with Gasteiger partial charge in [0.25, 0.3) is 0 Å². The SMILES string of the molecule is CNS(=O)(=O)c1cc(NC(=O)NCCCN(C)c2ccccc2)ccc1C. The van der Waals surface area contributed by atoms with Crippen molar-refractivity contribution in [3.63, 3.8) is 0 Å². The molecule has 0 saturated heterocycles. The van der Waals surface area contributed by atoms with Gasteiger partial charge in [0.1, 0.15) is 0 Å². The van der Waals surface area contributed by atoms with Crippen LogP contribution in [0.5, 0.6) is 0 Å². The third-order valence-corrected chi connectivity index (χ3v) is 5.71. The predicted octanol–water partition coefficient (Wildman–Crippen LogP) is 2.55. The molecule has 3 N–H and O–H groups in total. The average Bonchev–Trinajstić information content (AvgIpc) is 2.67. The largest absolute Gasteiger partial charge is 0.375 e. The van der Waals surface area contributed by atoms with Gasteiger partial charge in [0.15, 0.2) is 0 Å². The molecule has 0 heterocycles. The highest BCUT2D eigenvalue weighted by molar-refractivity contribution is 7.89. The fourth-order valence-corrected chi connectivity index (χ4v) is 3.58. The molecule has 146 valence electrons. The van der Waals surface area contributed by atoms with Crippen LogP contribution in [0.1, 0.15) is 12.0 Å². The Morgan fingerprint density at radius 3 is 2.48 bits per heavy atom. The molecule has 0 bridgehead atoms. The van der Waals surface area contributed by atoms with Crippen molar-refractivity contribution >= 4 is 27.4 Å². The van der Waals surface area contributed by atoms with Crippen molar-refractivity contribution in [2.45, 2.75) is 18.2 Å². The molecule has 0 unspecified atom stereocenters. The van der Waals surface area contributed by atoms with Crippen molar-refractivity contribution in [1.82, 2.24) is 10.0 Å². The van der Waals surface area contributed by atoms with Gasteiger partial charge in [0, 0.05) is 31.5 Å². The van der Waals surface area contributed by atoms with Crippen LogP contribution in [0, 0.1) is 6.92 Å². The lowest BCUT2D eigenvalue weighted by Crippen LogP contribution is -2.31. The van der Waals surface area contributed by atoms with Gasteiger partial charge in [-0.15, -0.1) is 0 Å². The molecule has 0 saturated carbocycles. The van der Waals surface area contributed by atoms with Crippen molar-refractivity contribution in [1.29, 1.82) is 0 Å². The first kappa shape index (κ1) is 20.7. The van der Waals surface area contributed by atoms with Gasteiger partial charge >= 0.3 is 6.03 Å². The molecule has 0 spiro atoms. The summed E-state index contributed by atoms with van der Waals surface area (Å²) in [4.78, 5) is 14.3. The minimum Gasteiger partial charge on any atom is -0.375 e. The molecule has 2 aromatic carbocycles. The number of hydrogen-bond donors (Lipinski definition) is 3. The Balaban J connectivity index is 1.83. The quantitative estimate of drug-likeness (QED) is 0.604. The molecular weight excluding hydrogens is 364 g/mol. The second-order valence-electron chi connectivity index (χ2n) is 6.18. The van der Waals surface area contributed by atoms with Crippen molar-refractivity contribution in [2.24, 2.45) is 0 Å². The van der Waals surface area contributed by atoms with E-state index < -0.39 is 10.0 Å². The summed E-state index contributed by atoms with van der Waals surface area (Å²) >= 11 is 0. The standard InChI is InChI=1S/C19H26N4O3S/c1-15-10-11-16(14-18(15)27(25,26)20-2)22-19(24)21-12-7-13-23(3)17-8-5-4-6-9-17/h4-6,8-11,14,20H,7,12-13H2,1-3H3,(H2,21,22,24). The molecule has 0 radical (unpaired) electrons. The Morgan fingerprint density at radius 2 is 1.81 bits per heavy atom. The van der Waals surface area contributed by atoms with Gasteiger partial charge in [-0.1, -0.05) is 24.3 Å². The van der Waals surface area contributed by atoms with E-state index in [0.29, 0.717) is 17.8 Å². The number of rotatable bonds is 8. The Kier molecular flexibility index (Phi) is 7.20. The molecular formula is C19H26N4O3S. The third kappa shape index (κ3) is 5.97. The summed E-state index contributed by atoms with van der Waals surface area (Å²) in [6.45, 7) is 3.02. The molecule has 0 aliphatic heterocycles. The van der Waals surface area contributed by atoms with Crippen LogP contribution in [0.15, 0.2) is 53.4 Å². The summed E-state index contributed by atoms with van der Waals surface area (Å²) in [6, 6.07) is 14.4. The van der Waals surface area contributed by atoms with Gasteiger partial charge in [-0.05, 0) is 50.2 Å². The Morgan fingerprint density at radius 1 is 1.11 bits per heavy atom. The molecule has 8 heteroatoms. The number of sulfonamides is 1. The number of aryl methyl sites for hydroxylation is 1. The fraction of sp³-hybridized carbons (Fsp3) is 0.316. The van der Waals surface area contributed by atoms with Crippen LogP contribution in [-0.2, 0) is 10.0 Å². The second-order valence-corrected chi connectivity index (χ2v) is 8.03. The first-order chi connectivity index (χ1) is 12.8.